The maximum atomic E-state index is 11.8. The summed E-state index contributed by atoms with van der Waals surface area (Å²) in [5, 5.41) is 7.26. The normalized spacial score (nSPS) is 10.5. The Morgan fingerprint density at radius 1 is 1.63 bits per heavy atom. The van der Waals surface area contributed by atoms with E-state index in [4.69, 9.17) is 16.3 Å². The Morgan fingerprint density at radius 3 is 3.00 bits per heavy atom. The van der Waals surface area contributed by atoms with Gasteiger partial charge >= 0.3 is 0 Å². The van der Waals surface area contributed by atoms with Crippen molar-refractivity contribution < 1.29 is 4.74 Å². The number of halogens is 1. The first kappa shape index (κ1) is 15.7. The lowest BCUT2D eigenvalue weighted by molar-refractivity contribution is 0.167. The topological polar surface area (TPSA) is 56.1 Å². The minimum Gasteiger partial charge on any atom is -0.380 e. The quantitative estimate of drug-likeness (QED) is 0.588. The zero-order chi connectivity index (χ0) is 14.3. The van der Waals surface area contributed by atoms with Crippen LogP contribution in [-0.4, -0.2) is 29.5 Å². The molecule has 0 saturated heterocycles. The molecule has 0 amide bonds. The van der Waals surface area contributed by atoms with E-state index < -0.39 is 0 Å². The standard InChI is InChI=1S/C13H20ClN3O2/c1-4-6-17-13(18)12(14)11(8-16-17)15-5-7-19-9-10(2)3/h8,15H,2,4-7,9H2,1,3H3. The van der Waals surface area contributed by atoms with Crippen LogP contribution < -0.4 is 10.9 Å². The van der Waals surface area contributed by atoms with Crippen molar-refractivity contribution in [1.82, 2.24) is 9.78 Å². The van der Waals surface area contributed by atoms with E-state index in [9.17, 15) is 4.79 Å². The van der Waals surface area contributed by atoms with Gasteiger partial charge in [0.05, 0.1) is 25.1 Å². The Bertz CT molecular complexity index is 485. The SMILES string of the molecule is C=C(C)COCCNc1cnn(CCC)c(=O)c1Cl. The molecule has 0 radical (unpaired) electrons. The van der Waals surface area contributed by atoms with Crippen LogP contribution in [0.3, 0.4) is 0 Å². The van der Waals surface area contributed by atoms with E-state index >= 15 is 0 Å². The molecule has 1 heterocycles. The Kier molecular flexibility index (Phi) is 6.59. The second-order valence-corrected chi connectivity index (χ2v) is 4.71. The molecule has 5 nitrogen and oxygen atoms in total. The number of aromatic nitrogens is 2. The van der Waals surface area contributed by atoms with Crippen LogP contribution in [0.25, 0.3) is 0 Å². The molecule has 6 heteroatoms. The molecule has 0 bridgehead atoms. The van der Waals surface area contributed by atoms with E-state index in [-0.39, 0.29) is 10.6 Å². The monoisotopic (exact) mass is 285 g/mol. The predicted molar refractivity (Wildman–Crippen MR) is 77.9 cm³/mol. The first-order valence-corrected chi connectivity index (χ1v) is 6.65. The van der Waals surface area contributed by atoms with Crippen molar-refractivity contribution >= 4 is 17.3 Å². The number of rotatable bonds is 8. The molecule has 0 aliphatic rings. The summed E-state index contributed by atoms with van der Waals surface area (Å²) in [4.78, 5) is 11.8. The lowest BCUT2D eigenvalue weighted by Crippen LogP contribution is -2.24. The van der Waals surface area contributed by atoms with Crippen molar-refractivity contribution in [3.8, 4) is 0 Å². The molecule has 1 aromatic rings. The summed E-state index contributed by atoms with van der Waals surface area (Å²) >= 11 is 6.01. The van der Waals surface area contributed by atoms with Crippen LogP contribution in [0, 0.1) is 0 Å². The van der Waals surface area contributed by atoms with Gasteiger partial charge in [-0.2, -0.15) is 5.10 Å². The minimum absolute atomic E-state index is 0.170. The van der Waals surface area contributed by atoms with Gasteiger partial charge in [0.1, 0.15) is 5.02 Å². The molecule has 106 valence electrons. The fourth-order valence-electron chi connectivity index (χ4n) is 1.46. The molecular formula is C13H20ClN3O2. The zero-order valence-corrected chi connectivity index (χ0v) is 12.2. The Hall–Kier alpha value is -1.33. The largest absolute Gasteiger partial charge is 0.380 e. The number of ether oxygens (including phenoxy) is 1. The summed E-state index contributed by atoms with van der Waals surface area (Å²) in [7, 11) is 0. The van der Waals surface area contributed by atoms with E-state index in [1.54, 1.807) is 6.20 Å². The highest BCUT2D eigenvalue weighted by molar-refractivity contribution is 6.32. The summed E-state index contributed by atoms with van der Waals surface area (Å²) in [5.41, 5.74) is 1.25. The summed E-state index contributed by atoms with van der Waals surface area (Å²) in [6.45, 7) is 9.81. The van der Waals surface area contributed by atoms with Crippen LogP contribution >= 0.6 is 11.6 Å². The summed E-state index contributed by atoms with van der Waals surface area (Å²) in [6.07, 6.45) is 2.41. The van der Waals surface area contributed by atoms with Crippen LogP contribution in [0.1, 0.15) is 20.3 Å². The summed E-state index contributed by atoms with van der Waals surface area (Å²) < 4.78 is 6.71. The number of hydrogen-bond donors (Lipinski definition) is 1. The fourth-order valence-corrected chi connectivity index (χ4v) is 1.68. The number of nitrogens with zero attached hydrogens (tertiary/aromatic N) is 2. The van der Waals surface area contributed by atoms with E-state index in [0.717, 1.165) is 12.0 Å². The van der Waals surface area contributed by atoms with Crippen LogP contribution in [0.4, 0.5) is 5.69 Å². The molecule has 1 N–H and O–H groups in total. The zero-order valence-electron chi connectivity index (χ0n) is 11.4. The van der Waals surface area contributed by atoms with Crippen molar-refractivity contribution in [2.45, 2.75) is 26.8 Å². The van der Waals surface area contributed by atoms with Crippen LogP contribution in [0.2, 0.25) is 5.02 Å². The average molecular weight is 286 g/mol. The van der Waals surface area contributed by atoms with Crippen LogP contribution in [-0.2, 0) is 11.3 Å². The molecular weight excluding hydrogens is 266 g/mol. The highest BCUT2D eigenvalue weighted by Crippen LogP contribution is 2.14. The Labute approximate surface area is 118 Å². The van der Waals surface area contributed by atoms with E-state index in [2.05, 4.69) is 17.0 Å². The van der Waals surface area contributed by atoms with Gasteiger partial charge in [0.2, 0.25) is 0 Å². The average Bonchev–Trinajstić information content (AvgIpc) is 2.37. The fraction of sp³-hybridized carbons (Fsp3) is 0.538. The maximum Gasteiger partial charge on any atom is 0.287 e. The number of aryl methyl sites for hydroxylation is 1. The molecule has 0 aliphatic carbocycles. The highest BCUT2D eigenvalue weighted by Gasteiger charge is 2.08. The van der Waals surface area contributed by atoms with Crippen molar-refractivity contribution in [2.75, 3.05) is 25.1 Å². The van der Waals surface area contributed by atoms with Crippen molar-refractivity contribution in [1.29, 1.82) is 0 Å². The molecule has 0 atom stereocenters. The Morgan fingerprint density at radius 2 is 2.37 bits per heavy atom. The van der Waals surface area contributed by atoms with Gasteiger partial charge in [0.15, 0.2) is 0 Å². The highest BCUT2D eigenvalue weighted by atomic mass is 35.5. The third-order valence-electron chi connectivity index (χ3n) is 2.33. The number of anilines is 1. The lowest BCUT2D eigenvalue weighted by Gasteiger charge is -2.10. The van der Waals surface area contributed by atoms with Gasteiger partial charge in [0.25, 0.3) is 5.56 Å². The molecule has 0 unspecified atom stereocenters. The molecule has 1 rings (SSSR count). The van der Waals surface area contributed by atoms with Gasteiger partial charge in [-0.15, -0.1) is 0 Å². The minimum atomic E-state index is -0.267. The van der Waals surface area contributed by atoms with Crippen molar-refractivity contribution in [3.63, 3.8) is 0 Å². The van der Waals surface area contributed by atoms with Crippen molar-refractivity contribution in [2.24, 2.45) is 0 Å². The number of hydrogen-bond acceptors (Lipinski definition) is 4. The first-order chi connectivity index (χ1) is 9.06. The van der Waals surface area contributed by atoms with E-state index in [1.807, 2.05) is 13.8 Å². The van der Waals surface area contributed by atoms with Gasteiger partial charge in [-0.1, -0.05) is 30.7 Å². The second-order valence-electron chi connectivity index (χ2n) is 4.34. The third-order valence-corrected chi connectivity index (χ3v) is 2.70. The molecule has 0 saturated carbocycles. The second kappa shape index (κ2) is 7.96. The van der Waals surface area contributed by atoms with Gasteiger partial charge in [-0.25, -0.2) is 4.68 Å². The van der Waals surface area contributed by atoms with Gasteiger partial charge in [0, 0.05) is 13.1 Å². The number of nitrogens with one attached hydrogen (secondary N) is 1. The maximum absolute atomic E-state index is 11.8. The predicted octanol–water partition coefficient (Wildman–Crippen LogP) is 2.31. The summed E-state index contributed by atoms with van der Waals surface area (Å²) in [5.74, 6) is 0. The van der Waals surface area contributed by atoms with Crippen LogP contribution in [0.5, 0.6) is 0 Å². The van der Waals surface area contributed by atoms with Crippen molar-refractivity contribution in [3.05, 3.63) is 33.7 Å². The first-order valence-electron chi connectivity index (χ1n) is 6.27. The molecule has 0 aliphatic heterocycles. The lowest BCUT2D eigenvalue weighted by atomic mass is 10.4. The third kappa shape index (κ3) is 5.04. The van der Waals surface area contributed by atoms with Crippen LogP contribution in [0.15, 0.2) is 23.1 Å². The summed E-state index contributed by atoms with van der Waals surface area (Å²) in [6, 6.07) is 0. The molecule has 0 fully saturated rings. The van der Waals surface area contributed by atoms with Gasteiger partial charge in [-0.3, -0.25) is 4.79 Å². The van der Waals surface area contributed by atoms with E-state index in [0.29, 0.717) is 32.0 Å². The molecule has 1 aromatic heterocycles. The smallest absolute Gasteiger partial charge is 0.287 e. The molecule has 0 spiro atoms. The van der Waals surface area contributed by atoms with Gasteiger partial charge < -0.3 is 10.1 Å². The molecule has 0 aromatic carbocycles. The van der Waals surface area contributed by atoms with E-state index in [1.165, 1.54) is 4.68 Å². The Balaban J connectivity index is 2.53. The van der Waals surface area contributed by atoms with Gasteiger partial charge in [-0.05, 0) is 13.3 Å². The molecule has 19 heavy (non-hydrogen) atoms.